The van der Waals surface area contributed by atoms with Crippen LogP contribution in [0.3, 0.4) is 0 Å². The van der Waals surface area contributed by atoms with Crippen LogP contribution in [0.5, 0.6) is 0 Å². The Bertz CT molecular complexity index is 407. The first-order valence-electron chi connectivity index (χ1n) is 5.31. The Kier molecular flexibility index (Phi) is 2.31. The standard InChI is InChI=1S/C11H13ClN2O2/c1-14-8-3-2-5-13-9(8)11(16-10(14)12)4-6-15-7-11/h2-3,5,10H,4,6-7H2,1H3. The van der Waals surface area contributed by atoms with Crippen molar-refractivity contribution in [3.8, 4) is 0 Å². The fraction of sp³-hybridized carbons (Fsp3) is 0.545. The average molecular weight is 241 g/mol. The maximum atomic E-state index is 6.18. The summed E-state index contributed by atoms with van der Waals surface area (Å²) in [6.07, 6.45) is 2.60. The summed E-state index contributed by atoms with van der Waals surface area (Å²) >= 11 is 6.18. The van der Waals surface area contributed by atoms with Crippen LogP contribution in [0.25, 0.3) is 0 Å². The van der Waals surface area contributed by atoms with E-state index < -0.39 is 11.3 Å². The van der Waals surface area contributed by atoms with E-state index in [9.17, 15) is 0 Å². The molecule has 0 bridgehead atoms. The van der Waals surface area contributed by atoms with E-state index in [-0.39, 0.29) is 0 Å². The molecule has 2 atom stereocenters. The third-order valence-electron chi connectivity index (χ3n) is 3.21. The van der Waals surface area contributed by atoms with Gasteiger partial charge in [0.25, 0.3) is 0 Å². The van der Waals surface area contributed by atoms with Crippen LogP contribution in [-0.4, -0.2) is 30.9 Å². The highest BCUT2D eigenvalue weighted by Gasteiger charge is 2.47. The van der Waals surface area contributed by atoms with Crippen LogP contribution in [0.4, 0.5) is 5.69 Å². The Morgan fingerprint density at radius 1 is 1.62 bits per heavy atom. The van der Waals surface area contributed by atoms with Crippen molar-refractivity contribution in [3.63, 3.8) is 0 Å². The molecule has 16 heavy (non-hydrogen) atoms. The summed E-state index contributed by atoms with van der Waals surface area (Å²) in [5, 5.41) is 0. The minimum absolute atomic E-state index is 0.449. The van der Waals surface area contributed by atoms with Gasteiger partial charge in [0.15, 0.2) is 0 Å². The first kappa shape index (κ1) is 10.3. The zero-order valence-electron chi connectivity index (χ0n) is 9.02. The van der Waals surface area contributed by atoms with E-state index in [1.54, 1.807) is 6.20 Å². The van der Waals surface area contributed by atoms with Gasteiger partial charge in [-0.2, -0.15) is 0 Å². The largest absolute Gasteiger partial charge is 0.378 e. The number of fused-ring (bicyclic) bond motifs is 2. The topological polar surface area (TPSA) is 34.6 Å². The van der Waals surface area contributed by atoms with Gasteiger partial charge in [-0.1, -0.05) is 11.6 Å². The zero-order valence-corrected chi connectivity index (χ0v) is 9.78. The van der Waals surface area contributed by atoms with Crippen LogP contribution in [0.2, 0.25) is 0 Å². The molecule has 3 rings (SSSR count). The molecule has 5 heteroatoms. The highest BCUT2D eigenvalue weighted by Crippen LogP contribution is 2.44. The number of aromatic nitrogens is 1. The van der Waals surface area contributed by atoms with Gasteiger partial charge in [-0.25, -0.2) is 0 Å². The van der Waals surface area contributed by atoms with Crippen LogP contribution in [0.1, 0.15) is 12.1 Å². The Labute approximate surface area is 99.1 Å². The van der Waals surface area contributed by atoms with E-state index in [4.69, 9.17) is 21.1 Å². The number of rotatable bonds is 0. The van der Waals surface area contributed by atoms with Crippen LogP contribution in [-0.2, 0) is 15.1 Å². The van der Waals surface area contributed by atoms with E-state index in [0.29, 0.717) is 13.2 Å². The maximum Gasteiger partial charge on any atom is 0.209 e. The summed E-state index contributed by atoms with van der Waals surface area (Å²) in [7, 11) is 1.90. The molecule has 1 spiro atoms. The second-order valence-corrected chi connectivity index (χ2v) is 4.56. The highest BCUT2D eigenvalue weighted by atomic mass is 35.5. The smallest absolute Gasteiger partial charge is 0.209 e. The molecule has 2 aliphatic rings. The Balaban J connectivity index is 2.13. The fourth-order valence-corrected chi connectivity index (χ4v) is 2.56. The van der Waals surface area contributed by atoms with Crippen LogP contribution >= 0.6 is 11.6 Å². The third kappa shape index (κ3) is 1.34. The van der Waals surface area contributed by atoms with Gasteiger partial charge in [0.05, 0.1) is 18.0 Å². The van der Waals surface area contributed by atoms with Gasteiger partial charge in [-0.15, -0.1) is 0 Å². The molecule has 0 N–H and O–H groups in total. The molecule has 2 unspecified atom stereocenters. The molecular formula is C11H13ClN2O2. The summed E-state index contributed by atoms with van der Waals surface area (Å²) in [6, 6.07) is 3.92. The molecule has 3 heterocycles. The van der Waals surface area contributed by atoms with Crippen molar-refractivity contribution in [2.75, 3.05) is 25.2 Å². The van der Waals surface area contributed by atoms with E-state index in [0.717, 1.165) is 17.8 Å². The Morgan fingerprint density at radius 2 is 2.50 bits per heavy atom. The minimum Gasteiger partial charge on any atom is -0.378 e. The summed E-state index contributed by atoms with van der Waals surface area (Å²) < 4.78 is 11.3. The molecule has 1 fully saturated rings. The van der Waals surface area contributed by atoms with Gasteiger partial charge in [0.1, 0.15) is 5.60 Å². The monoisotopic (exact) mass is 240 g/mol. The lowest BCUT2D eigenvalue weighted by molar-refractivity contribution is -0.0809. The van der Waals surface area contributed by atoms with Crippen molar-refractivity contribution in [2.24, 2.45) is 0 Å². The van der Waals surface area contributed by atoms with E-state index in [1.165, 1.54) is 0 Å². The van der Waals surface area contributed by atoms with E-state index in [1.807, 2.05) is 24.1 Å². The van der Waals surface area contributed by atoms with E-state index >= 15 is 0 Å². The number of anilines is 1. The van der Waals surface area contributed by atoms with Crippen molar-refractivity contribution >= 4 is 17.3 Å². The second kappa shape index (κ2) is 3.58. The van der Waals surface area contributed by atoms with Gasteiger partial charge in [0.2, 0.25) is 5.69 Å². The molecule has 0 radical (unpaired) electrons. The predicted molar refractivity (Wildman–Crippen MR) is 60.5 cm³/mol. The number of hydrogen-bond acceptors (Lipinski definition) is 4. The lowest BCUT2D eigenvalue weighted by Gasteiger charge is -2.41. The molecule has 1 saturated heterocycles. The summed E-state index contributed by atoms with van der Waals surface area (Å²) in [5.74, 6) is 0. The molecule has 4 nitrogen and oxygen atoms in total. The zero-order chi connectivity index (χ0) is 11.2. The van der Waals surface area contributed by atoms with Crippen molar-refractivity contribution in [2.45, 2.75) is 17.7 Å². The number of ether oxygens (including phenoxy) is 2. The molecule has 1 aromatic heterocycles. The normalized spacial score (nSPS) is 33.1. The van der Waals surface area contributed by atoms with E-state index in [2.05, 4.69) is 4.98 Å². The summed E-state index contributed by atoms with van der Waals surface area (Å²) in [4.78, 5) is 6.32. The van der Waals surface area contributed by atoms with Crippen molar-refractivity contribution < 1.29 is 9.47 Å². The summed E-state index contributed by atoms with van der Waals surface area (Å²) in [5.41, 5.74) is 1.06. The number of halogens is 1. The van der Waals surface area contributed by atoms with Crippen LogP contribution in [0.15, 0.2) is 18.3 Å². The molecular weight excluding hydrogens is 228 g/mol. The predicted octanol–water partition coefficient (Wildman–Crippen LogP) is 1.69. The van der Waals surface area contributed by atoms with Crippen LogP contribution in [0, 0.1) is 0 Å². The van der Waals surface area contributed by atoms with Crippen molar-refractivity contribution in [1.29, 1.82) is 0 Å². The molecule has 1 aromatic rings. The molecule has 0 saturated carbocycles. The lowest BCUT2D eigenvalue weighted by Crippen LogP contribution is -2.46. The van der Waals surface area contributed by atoms with Gasteiger partial charge in [0, 0.05) is 26.3 Å². The van der Waals surface area contributed by atoms with Crippen LogP contribution < -0.4 is 4.90 Å². The number of nitrogens with zero attached hydrogens (tertiary/aromatic N) is 2. The van der Waals surface area contributed by atoms with Gasteiger partial charge in [-0.05, 0) is 12.1 Å². The fourth-order valence-electron chi connectivity index (χ4n) is 2.29. The lowest BCUT2D eigenvalue weighted by atomic mass is 9.95. The first-order valence-corrected chi connectivity index (χ1v) is 5.75. The molecule has 0 amide bonds. The summed E-state index contributed by atoms with van der Waals surface area (Å²) in [6.45, 7) is 1.23. The number of pyridine rings is 1. The van der Waals surface area contributed by atoms with Gasteiger partial charge < -0.3 is 14.4 Å². The molecule has 0 aliphatic carbocycles. The molecule has 2 aliphatic heterocycles. The second-order valence-electron chi connectivity index (χ2n) is 4.19. The average Bonchev–Trinajstić information content (AvgIpc) is 2.76. The van der Waals surface area contributed by atoms with Gasteiger partial charge in [-0.3, -0.25) is 4.98 Å². The van der Waals surface area contributed by atoms with Crippen molar-refractivity contribution in [3.05, 3.63) is 24.0 Å². The number of hydrogen-bond donors (Lipinski definition) is 0. The molecule has 86 valence electrons. The Hall–Kier alpha value is -0.840. The third-order valence-corrected chi connectivity index (χ3v) is 3.59. The quantitative estimate of drug-likeness (QED) is 0.511. The Morgan fingerprint density at radius 3 is 3.25 bits per heavy atom. The molecule has 0 aromatic carbocycles. The van der Waals surface area contributed by atoms with Crippen molar-refractivity contribution in [1.82, 2.24) is 4.98 Å². The minimum atomic E-state index is -0.460. The number of alkyl halides is 1. The first-order chi connectivity index (χ1) is 7.73. The maximum absolute atomic E-state index is 6.18. The highest BCUT2D eigenvalue weighted by molar-refractivity contribution is 6.21. The SMILES string of the molecule is CN1c2cccnc2C2(CCOC2)OC1Cl. The van der Waals surface area contributed by atoms with Gasteiger partial charge >= 0.3 is 0 Å².